The number of hydrogen-bond acceptors (Lipinski definition) is 2. The number of aromatic nitrogens is 1. The van der Waals surface area contributed by atoms with Crippen molar-refractivity contribution in [2.75, 3.05) is 0 Å². The van der Waals surface area contributed by atoms with Crippen molar-refractivity contribution in [1.82, 2.24) is 10.3 Å². The van der Waals surface area contributed by atoms with Gasteiger partial charge in [-0.05, 0) is 37.3 Å². The van der Waals surface area contributed by atoms with Crippen LogP contribution in [0.4, 0.5) is 0 Å². The van der Waals surface area contributed by atoms with E-state index < -0.39 is 0 Å². The van der Waals surface area contributed by atoms with Gasteiger partial charge in [0.1, 0.15) is 5.56 Å². The predicted octanol–water partition coefficient (Wildman–Crippen LogP) is 2.45. The van der Waals surface area contributed by atoms with Crippen molar-refractivity contribution in [2.24, 2.45) is 5.92 Å². The molecule has 2 atom stereocenters. The Morgan fingerprint density at radius 2 is 2.10 bits per heavy atom. The van der Waals surface area contributed by atoms with E-state index >= 15 is 0 Å². The van der Waals surface area contributed by atoms with Gasteiger partial charge in [0.25, 0.3) is 5.91 Å². The minimum atomic E-state index is -0.267. The number of para-hydroxylation sites is 1. The van der Waals surface area contributed by atoms with Crippen LogP contribution in [0, 0.1) is 5.92 Å². The van der Waals surface area contributed by atoms with Gasteiger partial charge in [0.15, 0.2) is 0 Å². The number of pyridine rings is 1. The average molecular weight is 270 g/mol. The number of rotatable bonds is 2. The van der Waals surface area contributed by atoms with Gasteiger partial charge in [-0.2, -0.15) is 0 Å². The highest BCUT2D eigenvalue weighted by Gasteiger charge is 2.24. The molecule has 1 aliphatic carbocycles. The molecule has 0 spiro atoms. The second-order valence-corrected chi connectivity index (χ2v) is 5.67. The second kappa shape index (κ2) is 5.12. The summed E-state index contributed by atoms with van der Waals surface area (Å²) < 4.78 is 0. The number of carbonyl (C=O) groups is 1. The van der Waals surface area contributed by atoms with Crippen LogP contribution < -0.4 is 10.7 Å². The van der Waals surface area contributed by atoms with Crippen LogP contribution in [0.3, 0.4) is 0 Å². The smallest absolute Gasteiger partial charge is 0.256 e. The van der Waals surface area contributed by atoms with E-state index in [0.717, 1.165) is 24.8 Å². The Hall–Kier alpha value is -2.10. The van der Waals surface area contributed by atoms with Gasteiger partial charge in [-0.1, -0.05) is 19.1 Å². The van der Waals surface area contributed by atoms with E-state index in [1.54, 1.807) is 12.1 Å². The number of amides is 1. The number of benzene rings is 1. The Bertz CT molecular complexity index is 705. The molecular weight excluding hydrogens is 252 g/mol. The maximum atomic E-state index is 12.3. The minimum Gasteiger partial charge on any atom is -0.360 e. The fourth-order valence-corrected chi connectivity index (χ4v) is 2.94. The van der Waals surface area contributed by atoms with Gasteiger partial charge in [0.2, 0.25) is 5.43 Å². The highest BCUT2D eigenvalue weighted by atomic mass is 16.2. The molecule has 1 aromatic carbocycles. The molecule has 0 radical (unpaired) electrons. The first-order chi connectivity index (χ1) is 9.65. The van der Waals surface area contributed by atoms with Crippen molar-refractivity contribution in [3.05, 3.63) is 46.2 Å². The lowest BCUT2D eigenvalue weighted by Gasteiger charge is -2.12. The Morgan fingerprint density at radius 1 is 1.30 bits per heavy atom. The summed E-state index contributed by atoms with van der Waals surface area (Å²) in [5.41, 5.74) is 0.745. The van der Waals surface area contributed by atoms with E-state index in [4.69, 9.17) is 0 Å². The molecule has 1 aromatic heterocycles. The van der Waals surface area contributed by atoms with Gasteiger partial charge >= 0.3 is 0 Å². The molecule has 1 saturated carbocycles. The number of aromatic amines is 1. The van der Waals surface area contributed by atoms with Crippen molar-refractivity contribution in [3.8, 4) is 0 Å². The first-order valence-electron chi connectivity index (χ1n) is 7.06. The van der Waals surface area contributed by atoms with Gasteiger partial charge < -0.3 is 10.3 Å². The quantitative estimate of drug-likeness (QED) is 0.880. The lowest BCUT2D eigenvalue weighted by molar-refractivity contribution is 0.0936. The molecule has 1 fully saturated rings. The molecule has 4 heteroatoms. The highest BCUT2D eigenvalue weighted by molar-refractivity contribution is 5.97. The summed E-state index contributed by atoms with van der Waals surface area (Å²) in [5.74, 6) is 0.381. The van der Waals surface area contributed by atoms with Crippen LogP contribution >= 0.6 is 0 Å². The molecular formula is C16H18N2O2. The summed E-state index contributed by atoms with van der Waals surface area (Å²) in [6, 6.07) is 7.43. The topological polar surface area (TPSA) is 62.0 Å². The zero-order chi connectivity index (χ0) is 14.1. The summed E-state index contributed by atoms with van der Waals surface area (Å²) in [6.07, 6.45) is 4.65. The molecule has 0 saturated heterocycles. The third-order valence-corrected chi connectivity index (χ3v) is 4.06. The normalized spacial score (nSPS) is 22.1. The summed E-state index contributed by atoms with van der Waals surface area (Å²) in [5, 5.41) is 3.53. The number of carbonyl (C=O) groups excluding carboxylic acids is 1. The molecule has 2 unspecified atom stereocenters. The van der Waals surface area contributed by atoms with Gasteiger partial charge in [0, 0.05) is 23.1 Å². The van der Waals surface area contributed by atoms with Gasteiger partial charge in [-0.15, -0.1) is 0 Å². The maximum absolute atomic E-state index is 12.3. The van der Waals surface area contributed by atoms with Crippen LogP contribution in [0.15, 0.2) is 35.3 Å². The standard InChI is InChI=1S/C16H18N2O2/c1-10-6-7-11(8-10)18-16(20)13-9-17-14-5-3-2-4-12(14)15(13)19/h2-5,9-11H,6-8H2,1H3,(H,17,19)(H,18,20). The molecule has 1 aliphatic rings. The van der Waals surface area contributed by atoms with Crippen LogP contribution in [0.2, 0.25) is 0 Å². The Kier molecular flexibility index (Phi) is 3.30. The Balaban J connectivity index is 1.88. The molecule has 1 amide bonds. The number of nitrogens with one attached hydrogen (secondary N) is 2. The maximum Gasteiger partial charge on any atom is 0.256 e. The van der Waals surface area contributed by atoms with Crippen LogP contribution in [-0.4, -0.2) is 16.9 Å². The van der Waals surface area contributed by atoms with E-state index in [2.05, 4.69) is 17.2 Å². The molecule has 0 aliphatic heterocycles. The van der Waals surface area contributed by atoms with E-state index in [1.165, 1.54) is 6.20 Å². The van der Waals surface area contributed by atoms with Crippen LogP contribution in [0.25, 0.3) is 10.9 Å². The summed E-state index contributed by atoms with van der Waals surface area (Å²) in [7, 11) is 0. The molecule has 0 bridgehead atoms. The number of H-pyrrole nitrogens is 1. The van der Waals surface area contributed by atoms with Gasteiger partial charge in [0.05, 0.1) is 0 Å². The van der Waals surface area contributed by atoms with Gasteiger partial charge in [-0.25, -0.2) is 0 Å². The molecule has 104 valence electrons. The third-order valence-electron chi connectivity index (χ3n) is 4.06. The largest absolute Gasteiger partial charge is 0.360 e. The average Bonchev–Trinajstić information content (AvgIpc) is 2.84. The van der Waals surface area contributed by atoms with Gasteiger partial charge in [-0.3, -0.25) is 9.59 Å². The minimum absolute atomic E-state index is 0.197. The number of hydrogen-bond donors (Lipinski definition) is 2. The fourth-order valence-electron chi connectivity index (χ4n) is 2.94. The fraction of sp³-hybridized carbons (Fsp3) is 0.375. The van der Waals surface area contributed by atoms with Crippen LogP contribution in [0.1, 0.15) is 36.5 Å². The van der Waals surface area contributed by atoms with E-state index in [0.29, 0.717) is 11.3 Å². The second-order valence-electron chi connectivity index (χ2n) is 5.67. The Labute approximate surface area is 117 Å². The molecule has 2 N–H and O–H groups in total. The Morgan fingerprint density at radius 3 is 2.85 bits per heavy atom. The zero-order valence-electron chi connectivity index (χ0n) is 11.5. The van der Waals surface area contributed by atoms with Crippen molar-refractivity contribution >= 4 is 16.8 Å². The summed E-state index contributed by atoms with van der Waals surface area (Å²) in [6.45, 7) is 2.19. The SMILES string of the molecule is CC1CCC(NC(=O)c2c[nH]c3ccccc3c2=O)C1. The van der Waals surface area contributed by atoms with Crippen molar-refractivity contribution in [3.63, 3.8) is 0 Å². The van der Waals surface area contributed by atoms with Crippen LogP contribution in [0.5, 0.6) is 0 Å². The summed E-state index contributed by atoms with van der Waals surface area (Å²) in [4.78, 5) is 27.6. The van der Waals surface area contributed by atoms with Crippen LogP contribution in [-0.2, 0) is 0 Å². The van der Waals surface area contributed by atoms with E-state index in [1.807, 2.05) is 12.1 Å². The summed E-state index contributed by atoms with van der Waals surface area (Å²) >= 11 is 0. The first kappa shape index (κ1) is 12.9. The monoisotopic (exact) mass is 270 g/mol. The highest BCUT2D eigenvalue weighted by Crippen LogP contribution is 2.24. The van der Waals surface area contributed by atoms with Crippen molar-refractivity contribution < 1.29 is 4.79 Å². The lowest BCUT2D eigenvalue weighted by atomic mass is 10.1. The first-order valence-corrected chi connectivity index (χ1v) is 7.06. The van der Waals surface area contributed by atoms with E-state index in [9.17, 15) is 9.59 Å². The van der Waals surface area contributed by atoms with E-state index in [-0.39, 0.29) is 22.9 Å². The number of fused-ring (bicyclic) bond motifs is 1. The predicted molar refractivity (Wildman–Crippen MR) is 78.8 cm³/mol. The zero-order valence-corrected chi connectivity index (χ0v) is 11.5. The van der Waals surface area contributed by atoms with Crippen molar-refractivity contribution in [2.45, 2.75) is 32.2 Å². The third kappa shape index (κ3) is 2.33. The molecule has 3 rings (SSSR count). The molecule has 20 heavy (non-hydrogen) atoms. The lowest BCUT2D eigenvalue weighted by Crippen LogP contribution is -2.35. The molecule has 1 heterocycles. The van der Waals surface area contributed by atoms with Crippen molar-refractivity contribution in [1.29, 1.82) is 0 Å². The molecule has 2 aromatic rings. The molecule has 4 nitrogen and oxygen atoms in total.